The Balaban J connectivity index is 1.14. The number of piperazine rings is 1. The summed E-state index contributed by atoms with van der Waals surface area (Å²) >= 11 is 0. The van der Waals surface area contributed by atoms with E-state index in [0.717, 1.165) is 92.3 Å². The summed E-state index contributed by atoms with van der Waals surface area (Å²) in [5.74, 6) is 0.695. The van der Waals surface area contributed by atoms with E-state index in [1.165, 1.54) is 11.3 Å². The highest BCUT2D eigenvalue weighted by Gasteiger charge is 2.24. The van der Waals surface area contributed by atoms with Crippen molar-refractivity contribution in [1.29, 1.82) is 0 Å². The first-order valence-corrected chi connectivity index (χ1v) is 16.8. The Morgan fingerprint density at radius 3 is 2.61 bits per heavy atom. The monoisotopic (exact) mass is 623 g/mol. The topological polar surface area (TPSA) is 69.1 Å². The summed E-state index contributed by atoms with van der Waals surface area (Å²) in [7, 11) is 2.17. The first-order valence-electron chi connectivity index (χ1n) is 16.8. The van der Waals surface area contributed by atoms with Crippen molar-refractivity contribution in [3.8, 4) is 0 Å². The summed E-state index contributed by atoms with van der Waals surface area (Å²) in [6.45, 7) is 16.3. The lowest BCUT2D eigenvalue weighted by atomic mass is 10.1. The third-order valence-corrected chi connectivity index (χ3v) is 9.36. The van der Waals surface area contributed by atoms with E-state index in [4.69, 9.17) is 9.84 Å². The fraction of sp³-hybridized carbons (Fsp3) is 0.459. The molecule has 1 N–H and O–H groups in total. The number of nitrogens with one attached hydrogen (secondary N) is 1. The summed E-state index contributed by atoms with van der Waals surface area (Å²) in [6, 6.07) is 6.54. The number of carbonyl (C=O) groups excluding carboxylic acids is 1. The molecule has 244 valence electrons. The Morgan fingerprint density at radius 1 is 1.00 bits per heavy atom. The van der Waals surface area contributed by atoms with E-state index in [1.807, 2.05) is 48.4 Å². The van der Waals surface area contributed by atoms with Crippen molar-refractivity contribution in [2.75, 3.05) is 58.2 Å². The minimum Gasteiger partial charge on any atom is -0.492 e. The largest absolute Gasteiger partial charge is 0.492 e. The quantitative estimate of drug-likeness (QED) is 0.381. The van der Waals surface area contributed by atoms with Crippen LogP contribution >= 0.6 is 0 Å². The Kier molecular flexibility index (Phi) is 9.80. The van der Waals surface area contributed by atoms with Crippen LogP contribution in [0.1, 0.15) is 45.7 Å². The second kappa shape index (κ2) is 14.1. The Bertz CT molecular complexity index is 1630. The predicted molar refractivity (Wildman–Crippen MR) is 186 cm³/mol. The molecule has 1 fully saturated rings. The zero-order valence-electron chi connectivity index (χ0n) is 28.1. The number of ether oxygens (including phenoxy) is 1. The van der Waals surface area contributed by atoms with E-state index < -0.39 is 0 Å². The van der Waals surface area contributed by atoms with Gasteiger partial charge in [-0.1, -0.05) is 24.3 Å². The Hall–Kier alpha value is -4.08. The molecule has 0 saturated carbocycles. The first-order chi connectivity index (χ1) is 22.3. The third kappa shape index (κ3) is 7.16. The molecule has 1 amide bonds. The van der Waals surface area contributed by atoms with Gasteiger partial charge in [0.25, 0.3) is 5.91 Å². The van der Waals surface area contributed by atoms with Gasteiger partial charge >= 0.3 is 0 Å². The van der Waals surface area contributed by atoms with Gasteiger partial charge in [-0.15, -0.1) is 0 Å². The van der Waals surface area contributed by atoms with Gasteiger partial charge in [0, 0.05) is 74.4 Å². The molecule has 0 radical (unpaired) electrons. The van der Waals surface area contributed by atoms with Gasteiger partial charge in [-0.05, 0) is 83.9 Å². The molecule has 0 unspecified atom stereocenters. The lowest BCUT2D eigenvalue weighted by Crippen LogP contribution is -2.45. The van der Waals surface area contributed by atoms with E-state index in [2.05, 4.69) is 76.8 Å². The van der Waals surface area contributed by atoms with Crippen molar-refractivity contribution in [2.45, 2.75) is 59.5 Å². The highest BCUT2D eigenvalue weighted by atomic mass is 16.5. The maximum atomic E-state index is 13.9. The Labute approximate surface area is 273 Å². The number of rotatable bonds is 9. The van der Waals surface area contributed by atoms with Crippen LogP contribution in [0.2, 0.25) is 0 Å². The minimum atomic E-state index is -0.135. The van der Waals surface area contributed by atoms with Crippen molar-refractivity contribution in [1.82, 2.24) is 29.4 Å². The molecular weight excluding hydrogens is 574 g/mol. The van der Waals surface area contributed by atoms with E-state index in [1.54, 1.807) is 0 Å². The van der Waals surface area contributed by atoms with Gasteiger partial charge < -0.3 is 24.8 Å². The van der Waals surface area contributed by atoms with Crippen LogP contribution in [0.3, 0.4) is 0 Å². The van der Waals surface area contributed by atoms with Crippen LogP contribution in [0.15, 0.2) is 89.3 Å². The van der Waals surface area contributed by atoms with Gasteiger partial charge in [0.1, 0.15) is 18.1 Å². The third-order valence-electron chi connectivity index (χ3n) is 9.36. The molecule has 0 bridgehead atoms. The number of fused-ring (bicyclic) bond motifs is 2. The van der Waals surface area contributed by atoms with Crippen molar-refractivity contribution in [3.05, 3.63) is 95.0 Å². The van der Waals surface area contributed by atoms with Gasteiger partial charge in [-0.25, -0.2) is 0 Å². The van der Waals surface area contributed by atoms with E-state index in [-0.39, 0.29) is 5.91 Å². The maximum absolute atomic E-state index is 13.9. The molecule has 46 heavy (non-hydrogen) atoms. The smallest absolute Gasteiger partial charge is 0.272 e. The lowest BCUT2D eigenvalue weighted by molar-refractivity contribution is -0.113. The first kappa shape index (κ1) is 31.9. The number of aromatic nitrogens is 2. The van der Waals surface area contributed by atoms with Crippen molar-refractivity contribution in [2.24, 2.45) is 0 Å². The SMILES string of the molecule is CC1=CC(Cn2nc(C)c3c(NC(=O)C4=CCCC=C5C=C(OCCN6CCN(C)CC6)C=CN54)cccc32)=CCCN1C(C)C. The minimum absolute atomic E-state index is 0.135. The normalized spacial score (nSPS) is 19.6. The van der Waals surface area contributed by atoms with Gasteiger partial charge in [0.2, 0.25) is 0 Å². The van der Waals surface area contributed by atoms with Crippen LogP contribution in [0.25, 0.3) is 10.9 Å². The van der Waals surface area contributed by atoms with Crippen molar-refractivity contribution < 1.29 is 9.53 Å². The molecule has 9 nitrogen and oxygen atoms in total. The van der Waals surface area contributed by atoms with Crippen LogP contribution in [0.5, 0.6) is 0 Å². The molecular formula is C37H49N7O2. The molecule has 6 rings (SSSR count). The predicted octanol–water partition coefficient (Wildman–Crippen LogP) is 5.77. The number of hydrogen-bond donors (Lipinski definition) is 1. The number of carbonyl (C=O) groups is 1. The summed E-state index contributed by atoms with van der Waals surface area (Å²) in [5.41, 5.74) is 6.83. The molecule has 1 aromatic heterocycles. The van der Waals surface area contributed by atoms with Crippen LogP contribution < -0.4 is 5.32 Å². The number of amides is 1. The number of benzene rings is 1. The fourth-order valence-corrected chi connectivity index (χ4v) is 6.84. The van der Waals surface area contributed by atoms with E-state index >= 15 is 0 Å². The molecule has 4 aliphatic rings. The van der Waals surface area contributed by atoms with Crippen LogP contribution in [-0.2, 0) is 16.1 Å². The number of aryl methyl sites for hydroxylation is 1. The Morgan fingerprint density at radius 2 is 1.80 bits per heavy atom. The number of nitrogens with zero attached hydrogens (tertiary/aromatic N) is 6. The molecule has 1 aromatic carbocycles. The zero-order chi connectivity index (χ0) is 32.2. The van der Waals surface area contributed by atoms with Gasteiger partial charge in [0.15, 0.2) is 0 Å². The van der Waals surface area contributed by atoms with Crippen LogP contribution in [-0.4, -0.2) is 94.3 Å². The lowest BCUT2D eigenvalue weighted by Gasteiger charge is -2.32. The molecule has 0 atom stereocenters. The second-order valence-corrected chi connectivity index (χ2v) is 13.1. The highest BCUT2D eigenvalue weighted by molar-refractivity contribution is 6.09. The van der Waals surface area contributed by atoms with Crippen molar-refractivity contribution in [3.63, 3.8) is 0 Å². The van der Waals surface area contributed by atoms with E-state index in [0.29, 0.717) is 24.9 Å². The molecule has 2 aromatic rings. The second-order valence-electron chi connectivity index (χ2n) is 13.1. The van der Waals surface area contributed by atoms with Crippen LogP contribution in [0.4, 0.5) is 5.69 Å². The molecule has 5 heterocycles. The molecule has 0 spiro atoms. The van der Waals surface area contributed by atoms with Gasteiger partial charge in [-0.3, -0.25) is 14.4 Å². The zero-order valence-corrected chi connectivity index (χ0v) is 28.1. The average Bonchev–Trinajstić information content (AvgIpc) is 3.16. The summed E-state index contributed by atoms with van der Waals surface area (Å²) < 4.78 is 8.22. The molecule has 1 saturated heterocycles. The number of anilines is 1. The maximum Gasteiger partial charge on any atom is 0.272 e. The van der Waals surface area contributed by atoms with Gasteiger partial charge in [-0.2, -0.15) is 5.10 Å². The summed E-state index contributed by atoms with van der Waals surface area (Å²) in [5, 5.41) is 9.14. The van der Waals surface area contributed by atoms with E-state index in [9.17, 15) is 4.79 Å². The number of hydrogen-bond acceptors (Lipinski definition) is 7. The number of allylic oxidation sites excluding steroid dienone is 7. The average molecular weight is 624 g/mol. The standard InChI is InChI=1S/C37H49N7O2/c1-27(2)42-16-9-10-30(24-28(42)3)26-44-34-14-8-12-33(36(34)29(4)39-44)38-37(45)35-13-7-6-11-31-25-32(15-17-43(31)35)46-23-22-41-20-18-40(5)19-21-41/h8,10-15,17,24-25,27H,6-7,9,16,18-23,26H2,1-5H3,(H,38,45). The van der Waals surface area contributed by atoms with Gasteiger partial charge in [0.05, 0.1) is 23.4 Å². The molecule has 9 heteroatoms. The molecule has 0 aliphatic carbocycles. The fourth-order valence-electron chi connectivity index (χ4n) is 6.84. The van der Waals surface area contributed by atoms with Crippen molar-refractivity contribution >= 4 is 22.5 Å². The summed E-state index contributed by atoms with van der Waals surface area (Å²) in [6.07, 6.45) is 17.4. The summed E-state index contributed by atoms with van der Waals surface area (Å²) in [4.78, 5) is 23.1. The highest BCUT2D eigenvalue weighted by Crippen LogP contribution is 2.31. The van der Waals surface area contributed by atoms with Crippen LogP contribution in [0, 0.1) is 6.92 Å². The number of likely N-dealkylation sites (N-methyl/N-ethyl adjacent to an activating group) is 1. The molecule has 4 aliphatic heterocycles.